The molecule has 0 bridgehead atoms. The summed E-state index contributed by atoms with van der Waals surface area (Å²) in [6.07, 6.45) is 4.73. The van der Waals surface area contributed by atoms with E-state index in [-0.39, 0.29) is 11.4 Å². The Bertz CT molecular complexity index is 966. The summed E-state index contributed by atoms with van der Waals surface area (Å²) >= 11 is 0. The van der Waals surface area contributed by atoms with Gasteiger partial charge in [0.25, 0.3) is 5.70 Å². The maximum atomic E-state index is 12.3. The zero-order valence-corrected chi connectivity index (χ0v) is 13.5. The Morgan fingerprint density at radius 3 is 2.79 bits per heavy atom. The van der Waals surface area contributed by atoms with Gasteiger partial charge in [-0.25, -0.2) is 4.79 Å². The van der Waals surface area contributed by atoms with Gasteiger partial charge in [-0.05, 0) is 50.0 Å². The summed E-state index contributed by atoms with van der Waals surface area (Å²) in [7, 11) is 0. The van der Waals surface area contributed by atoms with Gasteiger partial charge >= 0.3 is 5.63 Å². The first-order valence-corrected chi connectivity index (χ1v) is 7.66. The van der Waals surface area contributed by atoms with Crippen molar-refractivity contribution in [2.75, 3.05) is 0 Å². The van der Waals surface area contributed by atoms with Gasteiger partial charge in [-0.15, -0.1) is 0 Å². The molecule has 0 atom stereocenters. The molecule has 1 N–H and O–H groups in total. The average molecular weight is 327 g/mol. The summed E-state index contributed by atoms with van der Waals surface area (Å²) in [6.45, 7) is 3.61. The van der Waals surface area contributed by atoms with Crippen LogP contribution in [0, 0.1) is 24.0 Å². The fraction of sp³-hybridized carbons (Fsp3) is 0.278. The Labute approximate surface area is 137 Å². The SMILES string of the molecule is Cc1cc2c(C)c(CC3=CC([N+](=O)[O-])=CCC3)c(=O)oc2cc1O. The second kappa shape index (κ2) is 5.96. The smallest absolute Gasteiger partial charge is 0.340 e. The van der Waals surface area contributed by atoms with Crippen LogP contribution in [0.3, 0.4) is 0 Å². The molecule has 0 saturated carbocycles. The Hall–Kier alpha value is -2.89. The van der Waals surface area contributed by atoms with Crippen molar-refractivity contribution in [3.8, 4) is 5.75 Å². The molecule has 3 rings (SSSR count). The van der Waals surface area contributed by atoms with E-state index in [1.807, 2.05) is 6.92 Å². The van der Waals surface area contributed by atoms with Crippen molar-refractivity contribution in [2.24, 2.45) is 0 Å². The third-order valence-electron chi connectivity index (χ3n) is 4.39. The Kier molecular flexibility index (Phi) is 3.97. The minimum Gasteiger partial charge on any atom is -0.508 e. The van der Waals surface area contributed by atoms with Crippen LogP contribution < -0.4 is 5.63 Å². The summed E-state index contributed by atoms with van der Waals surface area (Å²) in [6, 6.07) is 3.22. The number of phenolic OH excluding ortho intramolecular Hbond substituents is 1. The van der Waals surface area contributed by atoms with Gasteiger partial charge in [-0.2, -0.15) is 0 Å². The first-order chi connectivity index (χ1) is 11.4. The minimum absolute atomic E-state index is 0.0693. The lowest BCUT2D eigenvalue weighted by molar-refractivity contribution is -0.419. The summed E-state index contributed by atoms with van der Waals surface area (Å²) in [5.74, 6) is 0.0774. The van der Waals surface area contributed by atoms with E-state index < -0.39 is 10.5 Å². The van der Waals surface area contributed by atoms with Gasteiger partial charge in [0.15, 0.2) is 0 Å². The molecule has 0 unspecified atom stereocenters. The van der Waals surface area contributed by atoms with Crippen LogP contribution in [0.1, 0.15) is 29.5 Å². The second-order valence-electron chi connectivity index (χ2n) is 6.03. The molecule has 1 aromatic heterocycles. The summed E-state index contributed by atoms with van der Waals surface area (Å²) in [4.78, 5) is 22.8. The number of allylic oxidation sites excluding steroid dienone is 3. The maximum Gasteiger partial charge on any atom is 0.340 e. The van der Waals surface area contributed by atoms with Crippen LogP contribution in [0.5, 0.6) is 5.75 Å². The quantitative estimate of drug-likeness (QED) is 0.528. The summed E-state index contributed by atoms with van der Waals surface area (Å²) in [5.41, 5.74) is 2.76. The molecule has 0 radical (unpaired) electrons. The van der Waals surface area contributed by atoms with Crippen LogP contribution in [0.15, 0.2) is 44.8 Å². The van der Waals surface area contributed by atoms with Crippen LogP contribution in [-0.4, -0.2) is 10.0 Å². The Morgan fingerprint density at radius 1 is 1.33 bits per heavy atom. The number of rotatable bonds is 3. The number of aromatic hydroxyl groups is 1. The number of hydrogen-bond acceptors (Lipinski definition) is 5. The highest BCUT2D eigenvalue weighted by Crippen LogP contribution is 2.29. The zero-order valence-electron chi connectivity index (χ0n) is 13.5. The molecule has 6 nitrogen and oxygen atoms in total. The molecule has 1 aromatic carbocycles. The molecule has 6 heteroatoms. The van der Waals surface area contributed by atoms with E-state index in [1.165, 1.54) is 12.1 Å². The molecule has 0 aliphatic heterocycles. The van der Waals surface area contributed by atoms with E-state index in [4.69, 9.17) is 4.42 Å². The van der Waals surface area contributed by atoms with Crippen LogP contribution in [-0.2, 0) is 6.42 Å². The van der Waals surface area contributed by atoms with E-state index >= 15 is 0 Å². The third kappa shape index (κ3) is 2.82. The molecule has 0 fully saturated rings. The molecule has 1 aliphatic rings. The average Bonchev–Trinajstić information content (AvgIpc) is 2.54. The van der Waals surface area contributed by atoms with Gasteiger partial charge in [0.2, 0.25) is 0 Å². The van der Waals surface area contributed by atoms with Gasteiger partial charge in [-0.1, -0.05) is 5.57 Å². The highest BCUT2D eigenvalue weighted by molar-refractivity contribution is 5.83. The van der Waals surface area contributed by atoms with Crippen molar-refractivity contribution in [3.05, 3.63) is 72.8 Å². The van der Waals surface area contributed by atoms with Crippen molar-refractivity contribution < 1.29 is 14.4 Å². The van der Waals surface area contributed by atoms with E-state index in [0.717, 1.165) is 16.5 Å². The van der Waals surface area contributed by atoms with Crippen molar-refractivity contribution in [1.82, 2.24) is 0 Å². The standard InChI is InChI=1S/C18H17NO5/c1-10-6-14-11(2)15(18(21)24-17(14)9-16(10)20)8-12-4-3-5-13(7-12)19(22)23/h5-7,9,20H,3-4,8H2,1-2H3. The normalized spacial score (nSPS) is 14.4. The topological polar surface area (TPSA) is 93.6 Å². The Balaban J connectivity index is 2.07. The highest BCUT2D eigenvalue weighted by atomic mass is 16.6. The van der Waals surface area contributed by atoms with Gasteiger partial charge < -0.3 is 9.52 Å². The maximum absolute atomic E-state index is 12.3. The van der Waals surface area contributed by atoms with E-state index in [1.54, 1.807) is 19.1 Å². The van der Waals surface area contributed by atoms with Gasteiger partial charge in [0, 0.05) is 29.5 Å². The first kappa shape index (κ1) is 16.0. The molecule has 0 saturated heterocycles. The van der Waals surface area contributed by atoms with Crippen molar-refractivity contribution in [1.29, 1.82) is 0 Å². The van der Waals surface area contributed by atoms with Crippen molar-refractivity contribution in [3.63, 3.8) is 0 Å². The molecule has 0 spiro atoms. The molecule has 0 amide bonds. The molecule has 24 heavy (non-hydrogen) atoms. The van der Waals surface area contributed by atoms with Crippen molar-refractivity contribution in [2.45, 2.75) is 33.1 Å². The van der Waals surface area contributed by atoms with Gasteiger partial charge in [0.05, 0.1) is 4.92 Å². The Morgan fingerprint density at radius 2 is 2.08 bits per heavy atom. The summed E-state index contributed by atoms with van der Waals surface area (Å²) < 4.78 is 5.33. The van der Waals surface area contributed by atoms with Gasteiger partial charge in [0.1, 0.15) is 11.3 Å². The van der Waals surface area contributed by atoms with Crippen LogP contribution in [0.4, 0.5) is 0 Å². The number of fused-ring (bicyclic) bond motifs is 1. The molecule has 1 heterocycles. The highest BCUT2D eigenvalue weighted by Gasteiger charge is 2.18. The molecule has 124 valence electrons. The largest absolute Gasteiger partial charge is 0.508 e. The van der Waals surface area contributed by atoms with E-state index in [2.05, 4.69) is 0 Å². The van der Waals surface area contributed by atoms with Crippen LogP contribution in [0.2, 0.25) is 0 Å². The van der Waals surface area contributed by atoms with Gasteiger partial charge in [-0.3, -0.25) is 10.1 Å². The summed E-state index contributed by atoms with van der Waals surface area (Å²) in [5, 5.41) is 21.5. The zero-order chi connectivity index (χ0) is 17.4. The molecular weight excluding hydrogens is 310 g/mol. The lowest BCUT2D eigenvalue weighted by Gasteiger charge is -2.12. The lowest BCUT2D eigenvalue weighted by atomic mass is 9.94. The number of nitrogens with zero attached hydrogens (tertiary/aromatic N) is 1. The number of benzene rings is 1. The predicted molar refractivity (Wildman–Crippen MR) is 89.7 cm³/mol. The second-order valence-corrected chi connectivity index (χ2v) is 6.03. The monoisotopic (exact) mass is 327 g/mol. The number of nitro groups is 1. The fourth-order valence-corrected chi connectivity index (χ4v) is 2.98. The minimum atomic E-state index is -0.471. The van der Waals surface area contributed by atoms with Crippen LogP contribution >= 0.6 is 0 Å². The van der Waals surface area contributed by atoms with E-state index in [0.29, 0.717) is 36.0 Å². The number of phenols is 1. The predicted octanol–water partition coefficient (Wildman–Crippen LogP) is 3.54. The lowest BCUT2D eigenvalue weighted by Crippen LogP contribution is -2.13. The van der Waals surface area contributed by atoms with Crippen molar-refractivity contribution >= 4 is 11.0 Å². The first-order valence-electron chi connectivity index (χ1n) is 7.66. The molecule has 2 aromatic rings. The van der Waals surface area contributed by atoms with E-state index in [9.17, 15) is 20.0 Å². The third-order valence-corrected chi connectivity index (χ3v) is 4.39. The number of aryl methyl sites for hydroxylation is 2. The molecule has 1 aliphatic carbocycles. The molecular formula is C18H17NO5. The number of hydrogen-bond donors (Lipinski definition) is 1. The van der Waals surface area contributed by atoms with Crippen LogP contribution in [0.25, 0.3) is 11.0 Å². The fourth-order valence-electron chi connectivity index (χ4n) is 2.98.